The molecule has 1 atom stereocenters. The maximum atomic E-state index is 14.2. The lowest BCUT2D eigenvalue weighted by molar-refractivity contribution is 0.399. The number of aryl methyl sites for hydroxylation is 1. The molecule has 0 aliphatic rings. The van der Waals surface area contributed by atoms with Gasteiger partial charge in [-0.05, 0) is 18.7 Å². The van der Waals surface area contributed by atoms with Gasteiger partial charge >= 0.3 is 0 Å². The first-order valence-electron chi connectivity index (χ1n) is 6.33. The van der Waals surface area contributed by atoms with Crippen molar-refractivity contribution in [2.24, 2.45) is 7.05 Å². The van der Waals surface area contributed by atoms with Gasteiger partial charge in [-0.15, -0.1) is 0 Å². The number of rotatable bonds is 5. The fourth-order valence-corrected chi connectivity index (χ4v) is 2.81. The Kier molecular flexibility index (Phi) is 4.77. The molecule has 1 aromatic carbocycles. The van der Waals surface area contributed by atoms with Crippen LogP contribution in [0.3, 0.4) is 0 Å². The van der Waals surface area contributed by atoms with Gasteiger partial charge in [0, 0.05) is 17.1 Å². The average Bonchev–Trinajstić information content (AvgIpc) is 2.78. The number of aromatic nitrogens is 2. The molecule has 1 heterocycles. The van der Waals surface area contributed by atoms with E-state index in [1.807, 2.05) is 20.0 Å². The minimum absolute atomic E-state index is 0.270. The van der Waals surface area contributed by atoms with Crippen molar-refractivity contribution in [1.29, 1.82) is 0 Å². The summed E-state index contributed by atoms with van der Waals surface area (Å²) in [6, 6.07) is 4.61. The Labute approximate surface area is 126 Å². The Bertz CT molecular complexity index is 580. The van der Waals surface area contributed by atoms with E-state index in [2.05, 4.69) is 26.3 Å². The van der Waals surface area contributed by atoms with E-state index in [9.17, 15) is 4.39 Å². The van der Waals surface area contributed by atoms with Crippen molar-refractivity contribution >= 4 is 15.9 Å². The predicted octanol–water partition coefficient (Wildman–Crippen LogP) is 3.03. The van der Waals surface area contributed by atoms with E-state index >= 15 is 0 Å². The van der Waals surface area contributed by atoms with Crippen molar-refractivity contribution in [3.63, 3.8) is 0 Å². The van der Waals surface area contributed by atoms with Gasteiger partial charge in [0.15, 0.2) is 5.75 Å². The van der Waals surface area contributed by atoms with Crippen molar-refractivity contribution in [1.82, 2.24) is 15.1 Å². The fourth-order valence-electron chi connectivity index (χ4n) is 2.24. The summed E-state index contributed by atoms with van der Waals surface area (Å²) in [5.41, 5.74) is 1.34. The smallest absolute Gasteiger partial charge is 0.161 e. The van der Waals surface area contributed by atoms with Crippen LogP contribution in [0.4, 0.5) is 4.39 Å². The van der Waals surface area contributed by atoms with Crippen LogP contribution in [0.1, 0.15) is 24.2 Å². The van der Waals surface area contributed by atoms with Crippen molar-refractivity contribution in [3.05, 3.63) is 45.9 Å². The number of halogens is 2. The molecule has 6 heteroatoms. The van der Waals surface area contributed by atoms with Crippen LogP contribution < -0.4 is 10.1 Å². The minimum atomic E-state index is -0.335. The molecule has 1 aromatic heterocycles. The third-order valence-electron chi connectivity index (χ3n) is 3.14. The molecule has 0 bridgehead atoms. The summed E-state index contributed by atoms with van der Waals surface area (Å²) in [4.78, 5) is 0. The third-order valence-corrected chi connectivity index (χ3v) is 3.83. The lowest BCUT2D eigenvalue weighted by Gasteiger charge is -2.21. The van der Waals surface area contributed by atoms with Crippen LogP contribution in [-0.4, -0.2) is 23.4 Å². The Balaban J connectivity index is 2.59. The number of ether oxygens (including phenoxy) is 1. The highest BCUT2D eigenvalue weighted by Crippen LogP contribution is 2.34. The number of hydrogen-bond acceptors (Lipinski definition) is 3. The summed E-state index contributed by atoms with van der Waals surface area (Å²) < 4.78 is 22.0. The van der Waals surface area contributed by atoms with Crippen LogP contribution in [0.5, 0.6) is 5.75 Å². The summed E-state index contributed by atoms with van der Waals surface area (Å²) in [5, 5.41) is 7.48. The number of nitrogens with zero attached hydrogens (tertiary/aromatic N) is 2. The molecule has 4 nitrogen and oxygen atoms in total. The summed E-state index contributed by atoms with van der Waals surface area (Å²) in [6.45, 7) is 2.67. The van der Waals surface area contributed by atoms with Crippen LogP contribution in [0.15, 0.2) is 28.9 Å². The molecule has 0 saturated carbocycles. The maximum Gasteiger partial charge on any atom is 0.161 e. The standard InChI is InChI=1S/C14H17BrFN3O/c1-4-17-13(12-9(15)6-5-7-10(12)16)14-11(20-3)8-18-19(14)2/h5-8,13,17H,4H2,1-3H3. The molecule has 0 fully saturated rings. The normalized spacial score (nSPS) is 12.4. The summed E-state index contributed by atoms with van der Waals surface area (Å²) in [5.74, 6) is 0.363. The number of nitrogens with one attached hydrogen (secondary N) is 1. The van der Waals surface area contributed by atoms with E-state index in [1.54, 1.807) is 24.1 Å². The molecule has 1 N–H and O–H groups in total. The largest absolute Gasteiger partial charge is 0.493 e. The van der Waals surface area contributed by atoms with Gasteiger partial charge in [-0.25, -0.2) is 4.39 Å². The zero-order chi connectivity index (χ0) is 14.7. The molecule has 1 unspecified atom stereocenters. The van der Waals surface area contributed by atoms with E-state index in [4.69, 9.17) is 4.74 Å². The molecule has 2 aromatic rings. The van der Waals surface area contributed by atoms with Gasteiger partial charge < -0.3 is 10.1 Å². The summed E-state index contributed by atoms with van der Waals surface area (Å²) in [6.07, 6.45) is 1.63. The predicted molar refractivity (Wildman–Crippen MR) is 79.4 cm³/mol. The van der Waals surface area contributed by atoms with Crippen LogP contribution in [0, 0.1) is 5.82 Å². The number of hydrogen-bond donors (Lipinski definition) is 1. The first-order chi connectivity index (χ1) is 9.60. The Morgan fingerprint density at radius 2 is 2.25 bits per heavy atom. The Morgan fingerprint density at radius 1 is 1.50 bits per heavy atom. The highest BCUT2D eigenvalue weighted by atomic mass is 79.9. The number of benzene rings is 1. The van der Waals surface area contributed by atoms with Crippen molar-refractivity contribution in [3.8, 4) is 5.75 Å². The first kappa shape index (κ1) is 15.0. The van der Waals surface area contributed by atoms with Gasteiger partial charge in [0.05, 0.1) is 19.3 Å². The Morgan fingerprint density at radius 3 is 2.85 bits per heavy atom. The molecule has 0 saturated heterocycles. The fraction of sp³-hybridized carbons (Fsp3) is 0.357. The molecule has 108 valence electrons. The van der Waals surface area contributed by atoms with E-state index in [-0.39, 0.29) is 11.9 Å². The van der Waals surface area contributed by atoms with Gasteiger partial charge in [0.25, 0.3) is 0 Å². The van der Waals surface area contributed by atoms with E-state index in [0.717, 1.165) is 5.69 Å². The molecule has 0 radical (unpaired) electrons. The van der Waals surface area contributed by atoms with Crippen LogP contribution in [0.2, 0.25) is 0 Å². The van der Waals surface area contributed by atoms with Gasteiger partial charge in [0.2, 0.25) is 0 Å². The molecule has 20 heavy (non-hydrogen) atoms. The molecular weight excluding hydrogens is 325 g/mol. The number of methoxy groups -OCH3 is 1. The highest BCUT2D eigenvalue weighted by molar-refractivity contribution is 9.10. The van der Waals surface area contributed by atoms with Crippen molar-refractivity contribution in [2.75, 3.05) is 13.7 Å². The highest BCUT2D eigenvalue weighted by Gasteiger charge is 2.26. The van der Waals surface area contributed by atoms with Gasteiger partial charge in [-0.1, -0.05) is 28.9 Å². The van der Waals surface area contributed by atoms with E-state index in [1.165, 1.54) is 6.07 Å². The monoisotopic (exact) mass is 341 g/mol. The van der Waals surface area contributed by atoms with Crippen molar-refractivity contribution < 1.29 is 9.13 Å². The molecule has 0 aliphatic heterocycles. The van der Waals surface area contributed by atoms with Crippen LogP contribution in [0.25, 0.3) is 0 Å². The molecular formula is C14H17BrFN3O. The zero-order valence-electron chi connectivity index (χ0n) is 11.7. The topological polar surface area (TPSA) is 39.1 Å². The van der Waals surface area contributed by atoms with Gasteiger partial charge in [-0.2, -0.15) is 5.10 Å². The van der Waals surface area contributed by atoms with Gasteiger partial charge in [-0.3, -0.25) is 4.68 Å². The lowest BCUT2D eigenvalue weighted by Crippen LogP contribution is -2.26. The third kappa shape index (κ3) is 2.71. The van der Waals surface area contributed by atoms with E-state index in [0.29, 0.717) is 22.3 Å². The molecule has 0 amide bonds. The zero-order valence-corrected chi connectivity index (χ0v) is 13.2. The second kappa shape index (κ2) is 6.37. The first-order valence-corrected chi connectivity index (χ1v) is 7.12. The molecule has 0 aliphatic carbocycles. The average molecular weight is 342 g/mol. The molecule has 0 spiro atoms. The lowest BCUT2D eigenvalue weighted by atomic mass is 10.0. The summed E-state index contributed by atoms with van der Waals surface area (Å²) >= 11 is 3.42. The van der Waals surface area contributed by atoms with Crippen LogP contribution in [-0.2, 0) is 7.05 Å². The Hall–Kier alpha value is -1.40. The quantitative estimate of drug-likeness (QED) is 0.908. The summed E-state index contributed by atoms with van der Waals surface area (Å²) in [7, 11) is 3.40. The van der Waals surface area contributed by atoms with Crippen molar-refractivity contribution in [2.45, 2.75) is 13.0 Å². The van der Waals surface area contributed by atoms with Crippen LogP contribution >= 0.6 is 15.9 Å². The molecule has 2 rings (SSSR count). The van der Waals surface area contributed by atoms with E-state index < -0.39 is 0 Å². The second-order valence-corrected chi connectivity index (χ2v) is 5.20. The van der Waals surface area contributed by atoms with Gasteiger partial charge in [0.1, 0.15) is 11.5 Å². The second-order valence-electron chi connectivity index (χ2n) is 4.35. The maximum absolute atomic E-state index is 14.2. The minimum Gasteiger partial charge on any atom is -0.493 e. The SMILES string of the molecule is CCNC(c1c(F)cccc1Br)c1c(OC)cnn1C.